The van der Waals surface area contributed by atoms with Crippen molar-refractivity contribution in [3.05, 3.63) is 30.1 Å². The Bertz CT molecular complexity index is 532. The smallest absolute Gasteiger partial charge is 0.242 e. The lowest BCUT2D eigenvalue weighted by Crippen LogP contribution is -2.51. The second-order valence-electron chi connectivity index (χ2n) is 5.55. The first-order chi connectivity index (χ1) is 10.7. The van der Waals surface area contributed by atoms with E-state index in [0.717, 1.165) is 38.4 Å². The first-order valence-corrected chi connectivity index (χ1v) is 8.63. The number of hydrogen-bond acceptors (Lipinski definition) is 5. The molecule has 6 nitrogen and oxygen atoms in total. The van der Waals surface area contributed by atoms with Gasteiger partial charge in [0.2, 0.25) is 11.8 Å². The summed E-state index contributed by atoms with van der Waals surface area (Å²) in [6.07, 6.45) is 1.81. The van der Waals surface area contributed by atoms with Crippen LogP contribution in [0.25, 0.3) is 0 Å². The summed E-state index contributed by atoms with van der Waals surface area (Å²) in [6, 6.07) is 5.93. The molecule has 2 aliphatic rings. The van der Waals surface area contributed by atoms with Gasteiger partial charge >= 0.3 is 0 Å². The molecule has 2 fully saturated rings. The van der Waals surface area contributed by atoms with Gasteiger partial charge in [-0.2, -0.15) is 0 Å². The van der Waals surface area contributed by atoms with Gasteiger partial charge in [0.25, 0.3) is 0 Å². The number of thioether (sulfide) groups is 1. The predicted molar refractivity (Wildman–Crippen MR) is 85.1 cm³/mol. The van der Waals surface area contributed by atoms with Gasteiger partial charge < -0.3 is 9.80 Å². The Morgan fingerprint density at radius 3 is 2.68 bits per heavy atom. The molecular weight excluding hydrogens is 300 g/mol. The lowest BCUT2D eigenvalue weighted by atomic mass is 10.2. The SMILES string of the molecule is O=C(CN1CSCC1=O)N1CCN(Cc2ccccn2)CC1. The molecule has 2 saturated heterocycles. The van der Waals surface area contributed by atoms with Gasteiger partial charge in [0.15, 0.2) is 0 Å². The molecule has 0 radical (unpaired) electrons. The van der Waals surface area contributed by atoms with Crippen molar-refractivity contribution < 1.29 is 9.59 Å². The van der Waals surface area contributed by atoms with E-state index in [1.165, 1.54) is 0 Å². The molecule has 0 bridgehead atoms. The van der Waals surface area contributed by atoms with E-state index in [1.807, 2.05) is 23.1 Å². The van der Waals surface area contributed by atoms with Crippen LogP contribution in [0.5, 0.6) is 0 Å². The Morgan fingerprint density at radius 1 is 1.23 bits per heavy atom. The van der Waals surface area contributed by atoms with Crippen LogP contribution in [0.3, 0.4) is 0 Å². The van der Waals surface area contributed by atoms with E-state index >= 15 is 0 Å². The van der Waals surface area contributed by atoms with Crippen molar-refractivity contribution in [3.8, 4) is 0 Å². The highest BCUT2D eigenvalue weighted by atomic mass is 32.2. The van der Waals surface area contributed by atoms with Crippen molar-refractivity contribution in [1.29, 1.82) is 0 Å². The molecule has 22 heavy (non-hydrogen) atoms. The van der Waals surface area contributed by atoms with Crippen molar-refractivity contribution in [3.63, 3.8) is 0 Å². The summed E-state index contributed by atoms with van der Waals surface area (Å²) in [4.78, 5) is 34.0. The molecule has 2 aliphatic heterocycles. The van der Waals surface area contributed by atoms with Crippen molar-refractivity contribution in [2.24, 2.45) is 0 Å². The average molecular weight is 320 g/mol. The average Bonchev–Trinajstić information content (AvgIpc) is 2.94. The fraction of sp³-hybridized carbons (Fsp3) is 0.533. The maximum atomic E-state index is 12.3. The Kier molecular flexibility index (Phi) is 4.94. The molecule has 3 rings (SSSR count). The van der Waals surface area contributed by atoms with E-state index < -0.39 is 0 Å². The van der Waals surface area contributed by atoms with E-state index in [1.54, 1.807) is 22.9 Å². The zero-order valence-electron chi connectivity index (χ0n) is 12.5. The number of pyridine rings is 1. The normalized spacial score (nSPS) is 19.7. The summed E-state index contributed by atoms with van der Waals surface area (Å²) < 4.78 is 0. The third kappa shape index (κ3) is 3.78. The van der Waals surface area contributed by atoms with Crippen LogP contribution < -0.4 is 0 Å². The molecule has 1 aromatic rings. The highest BCUT2D eigenvalue weighted by molar-refractivity contribution is 8.00. The van der Waals surface area contributed by atoms with Crippen LogP contribution in [0.4, 0.5) is 0 Å². The lowest BCUT2D eigenvalue weighted by molar-refractivity contribution is -0.139. The van der Waals surface area contributed by atoms with E-state index in [2.05, 4.69) is 9.88 Å². The summed E-state index contributed by atoms with van der Waals surface area (Å²) in [5.74, 6) is 1.29. The lowest BCUT2D eigenvalue weighted by Gasteiger charge is -2.35. The molecule has 0 aliphatic carbocycles. The number of nitrogens with zero attached hydrogens (tertiary/aromatic N) is 4. The van der Waals surface area contributed by atoms with Crippen LogP contribution in [-0.4, -0.2) is 75.9 Å². The Labute approximate surface area is 134 Å². The number of amides is 2. The fourth-order valence-corrected chi connectivity index (χ4v) is 3.58. The molecule has 1 aromatic heterocycles. The molecule has 0 saturated carbocycles. The van der Waals surface area contributed by atoms with Crippen LogP contribution in [0, 0.1) is 0 Å². The minimum absolute atomic E-state index is 0.0633. The topological polar surface area (TPSA) is 56.8 Å². The van der Waals surface area contributed by atoms with E-state index in [-0.39, 0.29) is 18.4 Å². The quantitative estimate of drug-likeness (QED) is 0.796. The Morgan fingerprint density at radius 2 is 2.05 bits per heavy atom. The number of carbonyl (C=O) groups excluding carboxylic acids is 2. The number of rotatable bonds is 4. The highest BCUT2D eigenvalue weighted by Crippen LogP contribution is 2.15. The van der Waals surface area contributed by atoms with E-state index in [0.29, 0.717) is 11.6 Å². The maximum Gasteiger partial charge on any atom is 0.242 e. The van der Waals surface area contributed by atoms with Gasteiger partial charge in [-0.05, 0) is 12.1 Å². The molecular formula is C15H20N4O2S. The van der Waals surface area contributed by atoms with Crippen LogP contribution >= 0.6 is 11.8 Å². The van der Waals surface area contributed by atoms with Crippen LogP contribution in [0.2, 0.25) is 0 Å². The maximum absolute atomic E-state index is 12.3. The third-order valence-corrected chi connectivity index (χ3v) is 4.93. The minimum Gasteiger partial charge on any atom is -0.339 e. The molecule has 2 amide bonds. The summed E-state index contributed by atoms with van der Waals surface area (Å²) in [6.45, 7) is 4.20. The van der Waals surface area contributed by atoms with Gasteiger partial charge in [-0.15, -0.1) is 11.8 Å². The molecule has 7 heteroatoms. The molecule has 118 valence electrons. The predicted octanol–water partition coefficient (Wildman–Crippen LogP) is 0.259. The van der Waals surface area contributed by atoms with E-state index in [9.17, 15) is 9.59 Å². The van der Waals surface area contributed by atoms with E-state index in [4.69, 9.17) is 0 Å². The number of hydrogen-bond donors (Lipinski definition) is 0. The van der Waals surface area contributed by atoms with Crippen molar-refractivity contribution in [2.45, 2.75) is 6.54 Å². The number of carbonyl (C=O) groups is 2. The highest BCUT2D eigenvalue weighted by Gasteiger charge is 2.27. The number of piperazine rings is 1. The van der Waals surface area contributed by atoms with Crippen molar-refractivity contribution in [1.82, 2.24) is 19.7 Å². The van der Waals surface area contributed by atoms with Gasteiger partial charge in [0.1, 0.15) is 6.54 Å². The molecule has 0 spiro atoms. The van der Waals surface area contributed by atoms with Gasteiger partial charge in [-0.25, -0.2) is 0 Å². The summed E-state index contributed by atoms with van der Waals surface area (Å²) >= 11 is 1.57. The summed E-state index contributed by atoms with van der Waals surface area (Å²) in [7, 11) is 0. The van der Waals surface area contributed by atoms with Gasteiger partial charge in [-0.1, -0.05) is 6.07 Å². The van der Waals surface area contributed by atoms with Crippen molar-refractivity contribution >= 4 is 23.6 Å². The molecule has 3 heterocycles. The van der Waals surface area contributed by atoms with Gasteiger partial charge in [0.05, 0.1) is 17.3 Å². The Balaban J connectivity index is 1.45. The van der Waals surface area contributed by atoms with Crippen molar-refractivity contribution in [2.75, 3.05) is 44.4 Å². The second-order valence-corrected chi connectivity index (χ2v) is 6.50. The first kappa shape index (κ1) is 15.3. The molecule has 0 atom stereocenters. The van der Waals surface area contributed by atoms with Crippen LogP contribution in [-0.2, 0) is 16.1 Å². The fourth-order valence-electron chi connectivity index (χ4n) is 2.68. The third-order valence-electron chi connectivity index (χ3n) is 3.99. The zero-order valence-corrected chi connectivity index (χ0v) is 13.3. The van der Waals surface area contributed by atoms with Crippen LogP contribution in [0.1, 0.15) is 5.69 Å². The van der Waals surface area contributed by atoms with Gasteiger partial charge in [-0.3, -0.25) is 19.5 Å². The molecule has 0 unspecified atom stereocenters. The summed E-state index contributed by atoms with van der Waals surface area (Å²) in [5.41, 5.74) is 1.06. The Hall–Kier alpha value is -1.60. The second kappa shape index (κ2) is 7.11. The zero-order chi connectivity index (χ0) is 15.4. The standard InChI is InChI=1S/C15H20N4O2S/c20-14(10-19-12-22-11-15(19)21)18-7-5-17(6-8-18)9-13-3-1-2-4-16-13/h1-4H,5-12H2. The molecule has 0 N–H and O–H groups in total. The largest absolute Gasteiger partial charge is 0.339 e. The summed E-state index contributed by atoms with van der Waals surface area (Å²) in [5, 5.41) is 0. The number of aromatic nitrogens is 1. The van der Waals surface area contributed by atoms with Crippen LogP contribution in [0.15, 0.2) is 24.4 Å². The van der Waals surface area contributed by atoms with Gasteiger partial charge in [0, 0.05) is 38.9 Å². The monoisotopic (exact) mass is 320 g/mol. The first-order valence-electron chi connectivity index (χ1n) is 7.48. The minimum atomic E-state index is 0.0633. The molecule has 0 aromatic carbocycles.